The summed E-state index contributed by atoms with van der Waals surface area (Å²) in [5, 5.41) is 0. The Hall–Kier alpha value is -1.40. The second kappa shape index (κ2) is 6.58. The highest BCUT2D eigenvalue weighted by Gasteiger charge is 2.57. The van der Waals surface area contributed by atoms with Crippen LogP contribution in [0.2, 0.25) is 0 Å². The highest BCUT2D eigenvalue weighted by atomic mass is 19.4. The summed E-state index contributed by atoms with van der Waals surface area (Å²) in [6.45, 7) is 1.90. The van der Waals surface area contributed by atoms with Crippen molar-refractivity contribution in [2.24, 2.45) is 0 Å². The van der Waals surface area contributed by atoms with E-state index in [-0.39, 0.29) is 17.7 Å². The van der Waals surface area contributed by atoms with E-state index in [1.165, 1.54) is 6.07 Å². The van der Waals surface area contributed by atoms with Crippen LogP contribution in [-0.2, 0) is 6.42 Å². The number of alkyl halides is 6. The van der Waals surface area contributed by atoms with Gasteiger partial charge in [0.05, 0.1) is 0 Å². The summed E-state index contributed by atoms with van der Waals surface area (Å²) >= 11 is 0. The molecule has 0 aromatic heterocycles. The van der Waals surface area contributed by atoms with Gasteiger partial charge in [-0.3, -0.25) is 0 Å². The van der Waals surface area contributed by atoms with Crippen molar-refractivity contribution in [2.75, 3.05) is 5.73 Å². The summed E-state index contributed by atoms with van der Waals surface area (Å²) in [6, 6.07) is 3.11. The van der Waals surface area contributed by atoms with Crippen LogP contribution >= 0.6 is 0 Å². The van der Waals surface area contributed by atoms with Crippen LogP contribution in [0.25, 0.3) is 0 Å². The van der Waals surface area contributed by atoms with Gasteiger partial charge in [0.25, 0.3) is 0 Å². The van der Waals surface area contributed by atoms with Crippen LogP contribution in [0.4, 0.5) is 32.0 Å². The molecule has 0 aliphatic carbocycles. The Morgan fingerprint density at radius 3 is 2.05 bits per heavy atom. The predicted molar refractivity (Wildman–Crippen MR) is 68.9 cm³/mol. The molecule has 0 saturated carbocycles. The fourth-order valence-electron chi connectivity index (χ4n) is 2.23. The molecule has 0 aliphatic rings. The molecular weight excluding hydrogens is 296 g/mol. The van der Waals surface area contributed by atoms with E-state index in [0.29, 0.717) is 6.42 Å². The first-order chi connectivity index (χ1) is 9.57. The van der Waals surface area contributed by atoms with Crippen LogP contribution in [-0.4, -0.2) is 12.4 Å². The summed E-state index contributed by atoms with van der Waals surface area (Å²) < 4.78 is 76.9. The van der Waals surface area contributed by atoms with E-state index >= 15 is 0 Å². The first-order valence-electron chi connectivity index (χ1n) is 6.59. The molecule has 7 heteroatoms. The van der Waals surface area contributed by atoms with E-state index in [1.807, 2.05) is 6.92 Å². The van der Waals surface area contributed by atoms with Crippen LogP contribution in [0, 0.1) is 0 Å². The molecule has 120 valence electrons. The zero-order valence-corrected chi connectivity index (χ0v) is 11.5. The molecule has 2 N–H and O–H groups in total. The fourth-order valence-corrected chi connectivity index (χ4v) is 2.23. The molecule has 0 heterocycles. The minimum atomic E-state index is -5.38. The number of nitrogen functional groups attached to an aromatic ring is 1. The number of hydrogen-bond acceptors (Lipinski definition) is 1. The van der Waals surface area contributed by atoms with Gasteiger partial charge >= 0.3 is 12.4 Å². The molecule has 1 aromatic rings. The second-order valence-corrected chi connectivity index (χ2v) is 4.93. The summed E-state index contributed by atoms with van der Waals surface area (Å²) in [7, 11) is 0. The molecule has 0 amide bonds. The normalized spacial score (nSPS) is 13.0. The molecule has 0 aliphatic heterocycles. The molecule has 0 radical (unpaired) electrons. The van der Waals surface area contributed by atoms with Crippen molar-refractivity contribution >= 4 is 5.69 Å². The third-order valence-electron chi connectivity index (χ3n) is 3.18. The average molecular weight is 313 g/mol. The van der Waals surface area contributed by atoms with E-state index in [0.717, 1.165) is 25.0 Å². The first kappa shape index (κ1) is 17.7. The lowest BCUT2D eigenvalue weighted by Crippen LogP contribution is -2.34. The van der Waals surface area contributed by atoms with Crippen molar-refractivity contribution in [2.45, 2.75) is 50.9 Å². The third-order valence-corrected chi connectivity index (χ3v) is 3.18. The maximum atomic E-state index is 12.8. The van der Waals surface area contributed by atoms with Gasteiger partial charge in [-0.15, -0.1) is 0 Å². The van der Waals surface area contributed by atoms with Crippen LogP contribution in [0.3, 0.4) is 0 Å². The molecule has 1 aromatic carbocycles. The van der Waals surface area contributed by atoms with Crippen LogP contribution in [0.15, 0.2) is 18.2 Å². The molecule has 1 rings (SSSR count). The molecule has 0 spiro atoms. The van der Waals surface area contributed by atoms with Gasteiger partial charge in [0, 0.05) is 5.69 Å². The van der Waals surface area contributed by atoms with E-state index in [9.17, 15) is 26.3 Å². The van der Waals surface area contributed by atoms with Gasteiger partial charge in [0.2, 0.25) is 0 Å². The Morgan fingerprint density at radius 1 is 1.00 bits per heavy atom. The largest absolute Gasteiger partial charge is 0.404 e. The lowest BCUT2D eigenvalue weighted by molar-refractivity contribution is -0.253. The van der Waals surface area contributed by atoms with E-state index in [4.69, 9.17) is 5.73 Å². The van der Waals surface area contributed by atoms with Crippen LogP contribution in [0.1, 0.15) is 43.2 Å². The maximum Gasteiger partial charge on any atom is 0.404 e. The van der Waals surface area contributed by atoms with Gasteiger partial charge in [-0.1, -0.05) is 25.8 Å². The van der Waals surface area contributed by atoms with Gasteiger partial charge in [-0.2, -0.15) is 26.3 Å². The highest BCUT2D eigenvalue weighted by molar-refractivity contribution is 5.46. The van der Waals surface area contributed by atoms with Gasteiger partial charge in [0.15, 0.2) is 5.92 Å². The maximum absolute atomic E-state index is 12.8. The molecule has 0 fully saturated rings. The fraction of sp³-hybridized carbons (Fsp3) is 0.571. The van der Waals surface area contributed by atoms with Gasteiger partial charge in [-0.05, 0) is 36.1 Å². The van der Waals surface area contributed by atoms with Gasteiger partial charge in [-0.25, -0.2) is 0 Å². The van der Waals surface area contributed by atoms with Crippen molar-refractivity contribution in [1.82, 2.24) is 0 Å². The Morgan fingerprint density at radius 2 is 1.57 bits per heavy atom. The summed E-state index contributed by atoms with van der Waals surface area (Å²) in [5.74, 6) is -3.47. The first-order valence-corrected chi connectivity index (χ1v) is 6.59. The van der Waals surface area contributed by atoms with Crippen molar-refractivity contribution in [1.29, 1.82) is 0 Å². The van der Waals surface area contributed by atoms with Crippen LogP contribution < -0.4 is 5.73 Å². The molecule has 0 atom stereocenters. The smallest absolute Gasteiger partial charge is 0.399 e. The summed E-state index contributed by atoms with van der Waals surface area (Å²) in [4.78, 5) is 0. The SMILES string of the molecule is CCCCCc1cc(N)ccc1C(C(F)(F)F)C(F)(F)F. The van der Waals surface area contributed by atoms with Gasteiger partial charge < -0.3 is 5.73 Å². The topological polar surface area (TPSA) is 26.0 Å². The minimum Gasteiger partial charge on any atom is -0.399 e. The minimum absolute atomic E-state index is 0.0168. The Balaban J connectivity index is 3.24. The highest BCUT2D eigenvalue weighted by Crippen LogP contribution is 2.47. The number of aryl methyl sites for hydroxylation is 1. The average Bonchev–Trinajstić information content (AvgIpc) is 2.29. The number of halogens is 6. The molecule has 21 heavy (non-hydrogen) atoms. The number of benzene rings is 1. The summed E-state index contributed by atoms with van der Waals surface area (Å²) in [6.07, 6.45) is -8.54. The third kappa shape index (κ3) is 4.82. The molecule has 0 bridgehead atoms. The monoisotopic (exact) mass is 313 g/mol. The molecule has 1 nitrogen and oxygen atoms in total. The lowest BCUT2D eigenvalue weighted by Gasteiger charge is -2.25. The standard InChI is InChI=1S/C14H17F6N/c1-2-3-4-5-9-8-10(21)6-7-11(9)12(13(15,16)17)14(18,19)20/h6-8,12H,2-5,21H2,1H3. The Bertz CT molecular complexity index is 450. The van der Waals surface area contributed by atoms with Gasteiger partial charge in [0.1, 0.15) is 0 Å². The predicted octanol–water partition coefficient (Wildman–Crippen LogP) is 5.21. The summed E-state index contributed by atoms with van der Waals surface area (Å²) in [5.41, 5.74) is 4.92. The van der Waals surface area contributed by atoms with Crippen molar-refractivity contribution in [3.8, 4) is 0 Å². The van der Waals surface area contributed by atoms with Crippen molar-refractivity contribution in [3.05, 3.63) is 29.3 Å². The van der Waals surface area contributed by atoms with Crippen molar-refractivity contribution in [3.63, 3.8) is 0 Å². The van der Waals surface area contributed by atoms with E-state index in [2.05, 4.69) is 0 Å². The second-order valence-electron chi connectivity index (χ2n) is 4.93. The van der Waals surface area contributed by atoms with Crippen molar-refractivity contribution < 1.29 is 26.3 Å². The number of anilines is 1. The molecule has 0 unspecified atom stereocenters. The quantitative estimate of drug-likeness (QED) is 0.451. The lowest BCUT2D eigenvalue weighted by atomic mass is 9.90. The number of unbranched alkanes of at least 4 members (excludes halogenated alkanes) is 2. The zero-order chi connectivity index (χ0) is 16.3. The molecule has 0 saturated heterocycles. The Kier molecular flexibility index (Phi) is 5.53. The molecular formula is C14H17F6N. The zero-order valence-electron chi connectivity index (χ0n) is 11.5. The van der Waals surface area contributed by atoms with E-state index < -0.39 is 23.8 Å². The Labute approximate surface area is 119 Å². The van der Waals surface area contributed by atoms with Crippen LogP contribution in [0.5, 0.6) is 0 Å². The number of rotatable bonds is 5. The number of hydrogen-bond donors (Lipinski definition) is 1. The number of nitrogens with two attached hydrogens (primary N) is 1. The van der Waals surface area contributed by atoms with E-state index in [1.54, 1.807) is 0 Å².